The Balaban J connectivity index is 2.49. The molecule has 0 aromatic heterocycles. The maximum Gasteiger partial charge on any atom is 0.416 e. The van der Waals surface area contributed by atoms with Gasteiger partial charge in [-0.05, 0) is 42.8 Å². The van der Waals surface area contributed by atoms with Crippen LogP contribution >= 0.6 is 0 Å². The van der Waals surface area contributed by atoms with E-state index in [1.807, 2.05) is 0 Å². The second kappa shape index (κ2) is 9.77. The molecule has 6 nitrogen and oxygen atoms in total. The van der Waals surface area contributed by atoms with Gasteiger partial charge in [-0.1, -0.05) is 13.0 Å². The normalized spacial score (nSPS) is 17.7. The van der Waals surface area contributed by atoms with Gasteiger partial charge in [0, 0.05) is 16.7 Å². The fourth-order valence-electron chi connectivity index (χ4n) is 4.23. The lowest BCUT2D eigenvalue weighted by Gasteiger charge is -2.39. The molecule has 1 aliphatic rings. The number of rotatable bonds is 4. The van der Waals surface area contributed by atoms with Crippen LogP contribution in [0.3, 0.4) is 0 Å². The fourth-order valence-corrected chi connectivity index (χ4v) is 4.23. The number of amides is 1. The van der Waals surface area contributed by atoms with Crippen LogP contribution in [-0.2, 0) is 33.7 Å². The third kappa shape index (κ3) is 5.40. The van der Waals surface area contributed by atoms with Crippen molar-refractivity contribution in [2.24, 2.45) is 0 Å². The van der Waals surface area contributed by atoms with Crippen molar-refractivity contribution >= 4 is 23.3 Å². The Hall–Kier alpha value is -3.75. The second-order valence-electron chi connectivity index (χ2n) is 8.43. The van der Waals surface area contributed by atoms with Gasteiger partial charge in [0.05, 0.1) is 35.5 Å². The summed E-state index contributed by atoms with van der Waals surface area (Å²) in [5.74, 6) is -1.83. The standard InChI is InChI=1S/C24H18F9NO5/c1-3-15-10-17(16-9-11(22(25,26)27)4-5-18(16)34(15)20(36)37)21(38,19(35)39-2)12-6-13(23(28,29)30)8-14(7-12)24(31,32)33/h4-10,15,38H,3H2,1-2H3,(H,36,37)/t15-,21-/m1/s1. The Labute approximate surface area is 213 Å². The third-order valence-corrected chi connectivity index (χ3v) is 6.06. The molecule has 3 rings (SSSR count). The first-order valence-corrected chi connectivity index (χ1v) is 10.8. The number of fused-ring (bicyclic) bond motifs is 1. The van der Waals surface area contributed by atoms with Gasteiger partial charge in [0.15, 0.2) is 0 Å². The summed E-state index contributed by atoms with van der Waals surface area (Å²) >= 11 is 0. The molecule has 0 aliphatic carbocycles. The first kappa shape index (κ1) is 29.8. The number of hydrogen-bond acceptors (Lipinski definition) is 4. The van der Waals surface area contributed by atoms with Crippen LogP contribution in [0.25, 0.3) is 5.57 Å². The maximum atomic E-state index is 13.6. The fraction of sp³-hybridized carbons (Fsp3) is 0.333. The van der Waals surface area contributed by atoms with E-state index in [4.69, 9.17) is 0 Å². The molecule has 0 radical (unpaired) electrons. The topological polar surface area (TPSA) is 87.1 Å². The summed E-state index contributed by atoms with van der Waals surface area (Å²) in [6.07, 6.45) is -16.8. The van der Waals surface area contributed by atoms with Gasteiger partial charge in [0.25, 0.3) is 0 Å². The first-order chi connectivity index (χ1) is 17.8. The van der Waals surface area contributed by atoms with Crippen molar-refractivity contribution in [3.63, 3.8) is 0 Å². The molecular formula is C24H18F9NO5. The molecular weight excluding hydrogens is 553 g/mol. The molecule has 15 heteroatoms. The van der Waals surface area contributed by atoms with Crippen molar-refractivity contribution in [1.82, 2.24) is 0 Å². The second-order valence-corrected chi connectivity index (χ2v) is 8.43. The first-order valence-electron chi connectivity index (χ1n) is 10.8. The van der Waals surface area contributed by atoms with Crippen LogP contribution in [0.1, 0.15) is 41.2 Å². The molecule has 2 aromatic carbocycles. The number of carboxylic acid groups (broad SMARTS) is 1. The van der Waals surface area contributed by atoms with E-state index in [9.17, 15) is 59.3 Å². The summed E-state index contributed by atoms with van der Waals surface area (Å²) in [6, 6.07) is 0.0178. The molecule has 0 fully saturated rings. The number of esters is 1. The summed E-state index contributed by atoms with van der Waals surface area (Å²) in [5.41, 5.74) is -12.3. The number of alkyl halides is 9. The lowest BCUT2D eigenvalue weighted by Crippen LogP contribution is -2.45. The van der Waals surface area contributed by atoms with E-state index in [0.717, 1.165) is 6.08 Å². The summed E-state index contributed by atoms with van der Waals surface area (Å²) in [4.78, 5) is 25.5. The smallest absolute Gasteiger partial charge is 0.416 e. The summed E-state index contributed by atoms with van der Waals surface area (Å²) in [6.45, 7) is 1.41. The van der Waals surface area contributed by atoms with Gasteiger partial charge in [-0.3, -0.25) is 4.90 Å². The minimum absolute atomic E-state index is 0.0325. The number of carbonyl (C=O) groups excluding carboxylic acids is 1. The maximum absolute atomic E-state index is 13.6. The molecule has 2 atom stereocenters. The zero-order chi connectivity index (χ0) is 29.7. The predicted molar refractivity (Wildman–Crippen MR) is 116 cm³/mol. The van der Waals surface area contributed by atoms with E-state index < -0.39 is 81.3 Å². The van der Waals surface area contributed by atoms with Crippen LogP contribution in [0.2, 0.25) is 0 Å². The zero-order valence-electron chi connectivity index (χ0n) is 19.8. The summed E-state index contributed by atoms with van der Waals surface area (Å²) in [7, 11) is 0.642. The van der Waals surface area contributed by atoms with Crippen LogP contribution in [0.4, 0.5) is 50.0 Å². The predicted octanol–water partition coefficient (Wildman–Crippen LogP) is 6.46. The van der Waals surface area contributed by atoms with Gasteiger partial charge in [-0.2, -0.15) is 39.5 Å². The molecule has 212 valence electrons. The molecule has 0 spiro atoms. The van der Waals surface area contributed by atoms with Crippen molar-refractivity contribution in [3.8, 4) is 0 Å². The number of halogens is 9. The average molecular weight is 571 g/mol. The zero-order valence-corrected chi connectivity index (χ0v) is 19.8. The van der Waals surface area contributed by atoms with Crippen molar-refractivity contribution in [3.05, 3.63) is 70.3 Å². The Morgan fingerprint density at radius 1 is 0.846 bits per heavy atom. The quantitative estimate of drug-likeness (QED) is 0.325. The van der Waals surface area contributed by atoms with E-state index in [0.29, 0.717) is 30.2 Å². The largest absolute Gasteiger partial charge is 0.466 e. The highest BCUT2D eigenvalue weighted by Crippen LogP contribution is 2.49. The Bertz CT molecular complexity index is 1300. The summed E-state index contributed by atoms with van der Waals surface area (Å²) in [5, 5.41) is 21.3. The molecule has 2 aromatic rings. The Morgan fingerprint density at radius 3 is 1.74 bits per heavy atom. The number of benzene rings is 2. The van der Waals surface area contributed by atoms with Gasteiger partial charge in [0.2, 0.25) is 5.60 Å². The van der Waals surface area contributed by atoms with Crippen LogP contribution < -0.4 is 4.90 Å². The van der Waals surface area contributed by atoms with Crippen molar-refractivity contribution < 1.29 is 64.1 Å². The number of aliphatic hydroxyl groups is 1. The van der Waals surface area contributed by atoms with Crippen molar-refractivity contribution in [1.29, 1.82) is 0 Å². The van der Waals surface area contributed by atoms with Gasteiger partial charge in [-0.15, -0.1) is 0 Å². The Morgan fingerprint density at radius 2 is 1.33 bits per heavy atom. The highest BCUT2D eigenvalue weighted by atomic mass is 19.4. The van der Waals surface area contributed by atoms with Crippen LogP contribution in [-0.4, -0.2) is 35.4 Å². The highest BCUT2D eigenvalue weighted by Gasteiger charge is 2.50. The monoisotopic (exact) mass is 571 g/mol. The molecule has 1 aliphatic heterocycles. The lowest BCUT2D eigenvalue weighted by atomic mass is 9.77. The van der Waals surface area contributed by atoms with E-state index in [1.54, 1.807) is 0 Å². The highest BCUT2D eigenvalue weighted by molar-refractivity contribution is 6.04. The van der Waals surface area contributed by atoms with Crippen LogP contribution in [0.5, 0.6) is 0 Å². The van der Waals surface area contributed by atoms with Gasteiger partial charge < -0.3 is 14.9 Å². The SMILES string of the molecule is CC[C@@H]1C=C([C@@](O)(C(=O)OC)c2cc(C(F)(F)F)cc(C(F)(F)F)c2)c2cc(C(F)(F)F)ccc2N1C(=O)O. The third-order valence-electron chi connectivity index (χ3n) is 6.06. The minimum Gasteiger partial charge on any atom is -0.466 e. The molecule has 0 saturated heterocycles. The van der Waals surface area contributed by atoms with E-state index in [-0.39, 0.29) is 24.6 Å². The molecule has 0 unspecified atom stereocenters. The summed E-state index contributed by atoms with van der Waals surface area (Å²) < 4.78 is 126. The van der Waals surface area contributed by atoms with Crippen LogP contribution in [0, 0.1) is 0 Å². The Kier molecular flexibility index (Phi) is 7.47. The molecule has 1 amide bonds. The molecule has 2 N–H and O–H groups in total. The average Bonchev–Trinajstić information content (AvgIpc) is 2.84. The molecule has 39 heavy (non-hydrogen) atoms. The number of carbonyl (C=O) groups is 2. The number of nitrogens with zero attached hydrogens (tertiary/aromatic N) is 1. The minimum atomic E-state index is -5.40. The van der Waals surface area contributed by atoms with Gasteiger partial charge in [-0.25, -0.2) is 9.59 Å². The molecule has 1 heterocycles. The number of anilines is 1. The van der Waals surface area contributed by atoms with Gasteiger partial charge >= 0.3 is 30.6 Å². The number of methoxy groups -OCH3 is 1. The van der Waals surface area contributed by atoms with E-state index >= 15 is 0 Å². The lowest BCUT2D eigenvalue weighted by molar-refractivity contribution is -0.158. The van der Waals surface area contributed by atoms with Crippen molar-refractivity contribution in [2.75, 3.05) is 12.0 Å². The van der Waals surface area contributed by atoms with E-state index in [2.05, 4.69) is 4.74 Å². The van der Waals surface area contributed by atoms with Crippen molar-refractivity contribution in [2.45, 2.75) is 43.5 Å². The van der Waals surface area contributed by atoms with Crippen LogP contribution in [0.15, 0.2) is 42.5 Å². The van der Waals surface area contributed by atoms with Gasteiger partial charge in [0.1, 0.15) is 0 Å². The number of ether oxygens (including phenoxy) is 1. The number of hydrogen-bond donors (Lipinski definition) is 2. The molecule has 0 bridgehead atoms. The molecule has 0 saturated carbocycles. The van der Waals surface area contributed by atoms with E-state index in [1.165, 1.54) is 6.92 Å².